The number of amides is 1. The zero-order valence-corrected chi connectivity index (χ0v) is 15.5. The number of fused-ring (bicyclic) bond motifs is 1. The van der Waals surface area contributed by atoms with Crippen LogP contribution in [0.15, 0.2) is 29.3 Å². The third kappa shape index (κ3) is 6.38. The first-order valence-electron chi connectivity index (χ1n) is 8.47. The molecule has 1 amide bonds. The molecule has 0 aromatic heterocycles. The maximum atomic E-state index is 11.9. The molecule has 1 unspecified atom stereocenters. The summed E-state index contributed by atoms with van der Waals surface area (Å²) >= 11 is 0. The van der Waals surface area contributed by atoms with Gasteiger partial charge in [-0.2, -0.15) is 0 Å². The van der Waals surface area contributed by atoms with E-state index in [0.29, 0.717) is 38.4 Å². The van der Waals surface area contributed by atoms with Crippen LogP contribution in [0.1, 0.15) is 31.2 Å². The fourth-order valence-electron chi connectivity index (χ4n) is 2.75. The highest BCUT2D eigenvalue weighted by Crippen LogP contribution is 2.31. The third-order valence-electron chi connectivity index (χ3n) is 3.90. The summed E-state index contributed by atoms with van der Waals surface area (Å²) in [6.45, 7) is 3.70. The first-order chi connectivity index (χ1) is 11.9. The van der Waals surface area contributed by atoms with E-state index in [1.54, 1.807) is 0 Å². The molecule has 1 aliphatic heterocycles. The van der Waals surface area contributed by atoms with Crippen molar-refractivity contribution in [2.75, 3.05) is 37.0 Å². The predicted octanol–water partition coefficient (Wildman–Crippen LogP) is 1.10. The smallest absolute Gasteiger partial charge is 0.225 e. The van der Waals surface area contributed by atoms with Crippen molar-refractivity contribution in [1.82, 2.24) is 10.6 Å². The van der Waals surface area contributed by atoms with Crippen molar-refractivity contribution in [2.24, 2.45) is 4.99 Å². The van der Waals surface area contributed by atoms with Crippen molar-refractivity contribution in [1.29, 1.82) is 0 Å². The van der Waals surface area contributed by atoms with Gasteiger partial charge in [0.1, 0.15) is 9.84 Å². The number of hydrogen-bond donors (Lipinski definition) is 3. The monoisotopic (exact) mass is 366 g/mol. The summed E-state index contributed by atoms with van der Waals surface area (Å²) in [7, 11) is -2.95. The number of sulfone groups is 1. The van der Waals surface area contributed by atoms with Crippen molar-refractivity contribution in [3.05, 3.63) is 29.8 Å². The molecule has 1 aromatic rings. The van der Waals surface area contributed by atoms with Gasteiger partial charge in [-0.25, -0.2) is 8.42 Å². The molecular weight excluding hydrogens is 340 g/mol. The quantitative estimate of drug-likeness (QED) is 0.381. The fraction of sp³-hybridized carbons (Fsp3) is 0.529. The number of nitrogens with one attached hydrogen (secondary N) is 3. The van der Waals surface area contributed by atoms with Crippen LogP contribution in [0, 0.1) is 0 Å². The molecule has 0 spiro atoms. The lowest BCUT2D eigenvalue weighted by Crippen LogP contribution is -2.38. The van der Waals surface area contributed by atoms with Crippen LogP contribution in [0.3, 0.4) is 0 Å². The van der Waals surface area contributed by atoms with Crippen LogP contribution in [0.25, 0.3) is 0 Å². The molecule has 2 rings (SSSR count). The molecule has 1 aromatic carbocycles. The van der Waals surface area contributed by atoms with E-state index in [2.05, 4.69) is 20.9 Å². The van der Waals surface area contributed by atoms with Crippen LogP contribution in [0.2, 0.25) is 0 Å². The maximum Gasteiger partial charge on any atom is 0.225 e. The van der Waals surface area contributed by atoms with Crippen molar-refractivity contribution < 1.29 is 13.2 Å². The first kappa shape index (κ1) is 19.2. The number of para-hydroxylation sites is 1. The maximum absolute atomic E-state index is 11.9. The highest BCUT2D eigenvalue weighted by molar-refractivity contribution is 7.90. The topological polar surface area (TPSA) is 99.7 Å². The second kappa shape index (κ2) is 8.84. The number of anilines is 1. The first-order valence-corrected chi connectivity index (χ1v) is 10.5. The summed E-state index contributed by atoms with van der Waals surface area (Å²) in [6, 6.07) is 7.78. The third-order valence-corrected chi connectivity index (χ3v) is 4.94. The SMILES string of the molecule is CCNC(=NCC1CC(=O)Nc2ccccc21)NCCCS(C)(=O)=O. The molecule has 7 nitrogen and oxygen atoms in total. The zero-order chi connectivity index (χ0) is 18.3. The summed E-state index contributed by atoms with van der Waals surface area (Å²) in [4.78, 5) is 16.4. The van der Waals surface area contributed by atoms with Crippen molar-refractivity contribution in [3.8, 4) is 0 Å². The largest absolute Gasteiger partial charge is 0.357 e. The van der Waals surface area contributed by atoms with Gasteiger partial charge in [-0.05, 0) is 25.0 Å². The van der Waals surface area contributed by atoms with Gasteiger partial charge in [0, 0.05) is 37.4 Å². The Bertz CT molecular complexity index is 731. The van der Waals surface area contributed by atoms with E-state index in [1.807, 2.05) is 31.2 Å². The van der Waals surface area contributed by atoms with E-state index in [1.165, 1.54) is 6.26 Å². The van der Waals surface area contributed by atoms with Gasteiger partial charge in [-0.15, -0.1) is 0 Å². The van der Waals surface area contributed by atoms with Crippen molar-refractivity contribution >= 4 is 27.4 Å². The average molecular weight is 366 g/mol. The molecule has 0 bridgehead atoms. The highest BCUT2D eigenvalue weighted by atomic mass is 32.2. The second-order valence-electron chi connectivity index (χ2n) is 6.17. The van der Waals surface area contributed by atoms with Crippen LogP contribution >= 0.6 is 0 Å². The standard InChI is InChI=1S/C17H26N4O3S/c1-3-18-17(19-9-6-10-25(2,23)24)20-12-13-11-16(22)21-15-8-5-4-7-14(13)15/h4-5,7-8,13H,3,6,9-12H2,1-2H3,(H,21,22)(H2,18,19,20). The fourth-order valence-corrected chi connectivity index (χ4v) is 3.42. The van der Waals surface area contributed by atoms with E-state index in [0.717, 1.165) is 11.3 Å². The number of hydrogen-bond acceptors (Lipinski definition) is 4. The van der Waals surface area contributed by atoms with Gasteiger partial charge in [0.25, 0.3) is 0 Å². The lowest BCUT2D eigenvalue weighted by molar-refractivity contribution is -0.116. The lowest BCUT2D eigenvalue weighted by atomic mass is 9.91. The molecule has 25 heavy (non-hydrogen) atoms. The van der Waals surface area contributed by atoms with Crippen LogP contribution in [0.5, 0.6) is 0 Å². The Kier molecular flexibility index (Phi) is 6.81. The Morgan fingerprint density at radius 3 is 2.80 bits per heavy atom. The lowest BCUT2D eigenvalue weighted by Gasteiger charge is -2.24. The number of nitrogens with zero attached hydrogens (tertiary/aromatic N) is 1. The van der Waals surface area contributed by atoms with Gasteiger partial charge in [0.15, 0.2) is 5.96 Å². The molecule has 0 saturated carbocycles. The van der Waals surface area contributed by atoms with Crippen molar-refractivity contribution in [2.45, 2.75) is 25.7 Å². The van der Waals surface area contributed by atoms with Gasteiger partial charge < -0.3 is 16.0 Å². The summed E-state index contributed by atoms with van der Waals surface area (Å²) < 4.78 is 22.3. The molecule has 8 heteroatoms. The molecule has 1 atom stereocenters. The summed E-state index contributed by atoms with van der Waals surface area (Å²) in [5.41, 5.74) is 1.95. The molecular formula is C17H26N4O3S. The van der Waals surface area contributed by atoms with E-state index in [9.17, 15) is 13.2 Å². The molecule has 1 heterocycles. The van der Waals surface area contributed by atoms with E-state index >= 15 is 0 Å². The van der Waals surface area contributed by atoms with E-state index in [-0.39, 0.29) is 17.6 Å². The minimum Gasteiger partial charge on any atom is -0.357 e. The Morgan fingerprint density at radius 1 is 1.32 bits per heavy atom. The number of aliphatic imine (C=N–C) groups is 1. The zero-order valence-electron chi connectivity index (χ0n) is 14.7. The summed E-state index contributed by atoms with van der Waals surface area (Å²) in [5, 5.41) is 9.17. The van der Waals surface area contributed by atoms with Gasteiger partial charge in [0.2, 0.25) is 5.91 Å². The molecule has 3 N–H and O–H groups in total. The molecule has 0 radical (unpaired) electrons. The van der Waals surface area contributed by atoms with Crippen LogP contribution < -0.4 is 16.0 Å². The number of carbonyl (C=O) groups is 1. The van der Waals surface area contributed by atoms with Crippen LogP contribution in [-0.4, -0.2) is 51.9 Å². The predicted molar refractivity (Wildman–Crippen MR) is 101 cm³/mol. The number of carbonyl (C=O) groups excluding carboxylic acids is 1. The van der Waals surface area contributed by atoms with Gasteiger partial charge >= 0.3 is 0 Å². The minimum absolute atomic E-state index is 0.00464. The molecule has 0 aliphatic carbocycles. The molecule has 1 aliphatic rings. The Balaban J connectivity index is 1.97. The molecule has 138 valence electrons. The van der Waals surface area contributed by atoms with Crippen molar-refractivity contribution in [3.63, 3.8) is 0 Å². The summed E-state index contributed by atoms with van der Waals surface area (Å²) in [5.74, 6) is 0.830. The van der Waals surface area contributed by atoms with E-state index < -0.39 is 9.84 Å². The van der Waals surface area contributed by atoms with Crippen LogP contribution in [-0.2, 0) is 14.6 Å². The molecule has 0 fully saturated rings. The minimum atomic E-state index is -2.95. The number of rotatable bonds is 7. The van der Waals surface area contributed by atoms with Crippen LogP contribution in [0.4, 0.5) is 5.69 Å². The van der Waals surface area contributed by atoms with E-state index in [4.69, 9.17) is 0 Å². The Morgan fingerprint density at radius 2 is 2.08 bits per heavy atom. The number of benzene rings is 1. The Hall–Kier alpha value is -2.09. The highest BCUT2D eigenvalue weighted by Gasteiger charge is 2.24. The van der Waals surface area contributed by atoms with Gasteiger partial charge in [-0.1, -0.05) is 18.2 Å². The average Bonchev–Trinajstić information content (AvgIpc) is 2.55. The Labute approximate surface area is 149 Å². The van der Waals surface area contributed by atoms with Gasteiger partial charge in [0.05, 0.1) is 12.3 Å². The normalized spacial score (nSPS) is 17.6. The second-order valence-corrected chi connectivity index (χ2v) is 8.43. The molecule has 0 saturated heterocycles. The summed E-state index contributed by atoms with van der Waals surface area (Å²) in [6.07, 6.45) is 2.17. The number of guanidine groups is 1. The van der Waals surface area contributed by atoms with Gasteiger partial charge in [-0.3, -0.25) is 9.79 Å².